The van der Waals surface area contributed by atoms with E-state index in [0.717, 1.165) is 11.8 Å². The summed E-state index contributed by atoms with van der Waals surface area (Å²) in [6.45, 7) is 7.19. The molecule has 0 radical (unpaired) electrons. The predicted molar refractivity (Wildman–Crippen MR) is 80.4 cm³/mol. The minimum atomic E-state index is 0.685. The average molecular weight is 254 g/mol. The van der Waals surface area contributed by atoms with Crippen LogP contribution in [0.25, 0.3) is 6.08 Å². The Bertz CT molecular complexity index is 508. The zero-order valence-corrected chi connectivity index (χ0v) is 11.6. The SMILES string of the molecule is CC1C=Cc2c(cccc2N2CC3CNCC3C2)C1. The first-order chi connectivity index (χ1) is 9.31. The highest BCUT2D eigenvalue weighted by atomic mass is 15.2. The second-order valence-electron chi connectivity index (χ2n) is 6.47. The zero-order valence-electron chi connectivity index (χ0n) is 11.6. The standard InChI is InChI=1S/C17H22N2/c1-12-5-6-16-13(7-12)3-2-4-17(16)19-10-14-8-18-9-15(14)11-19/h2-6,12,14-15,18H,7-11H2,1H3. The van der Waals surface area contributed by atoms with Crippen molar-refractivity contribution in [1.82, 2.24) is 5.32 Å². The molecule has 0 spiro atoms. The molecule has 0 aromatic heterocycles. The second-order valence-corrected chi connectivity index (χ2v) is 6.47. The van der Waals surface area contributed by atoms with Crippen LogP contribution in [0.15, 0.2) is 24.3 Å². The third-order valence-corrected chi connectivity index (χ3v) is 5.04. The average Bonchev–Trinajstić information content (AvgIpc) is 2.98. The van der Waals surface area contributed by atoms with Crippen LogP contribution in [0.4, 0.5) is 5.69 Å². The van der Waals surface area contributed by atoms with Crippen molar-refractivity contribution >= 4 is 11.8 Å². The van der Waals surface area contributed by atoms with Gasteiger partial charge in [0.05, 0.1) is 0 Å². The van der Waals surface area contributed by atoms with E-state index in [2.05, 4.69) is 47.5 Å². The summed E-state index contributed by atoms with van der Waals surface area (Å²) >= 11 is 0. The van der Waals surface area contributed by atoms with Crippen LogP contribution in [0.3, 0.4) is 0 Å². The fourth-order valence-corrected chi connectivity index (χ4v) is 3.97. The number of hydrogen-bond acceptors (Lipinski definition) is 2. The van der Waals surface area contributed by atoms with E-state index < -0.39 is 0 Å². The lowest BCUT2D eigenvalue weighted by atomic mass is 9.89. The highest BCUT2D eigenvalue weighted by Crippen LogP contribution is 2.36. The van der Waals surface area contributed by atoms with Gasteiger partial charge in [-0.15, -0.1) is 0 Å². The Balaban J connectivity index is 1.67. The van der Waals surface area contributed by atoms with Crippen LogP contribution >= 0.6 is 0 Å². The molecule has 2 fully saturated rings. The lowest BCUT2D eigenvalue weighted by molar-refractivity contribution is 0.533. The maximum Gasteiger partial charge on any atom is 0.0442 e. The van der Waals surface area contributed by atoms with Gasteiger partial charge in [0.15, 0.2) is 0 Å². The van der Waals surface area contributed by atoms with Gasteiger partial charge >= 0.3 is 0 Å². The lowest BCUT2D eigenvalue weighted by Gasteiger charge is -2.26. The fourth-order valence-electron chi connectivity index (χ4n) is 3.97. The third kappa shape index (κ3) is 1.90. The van der Waals surface area contributed by atoms with Crippen LogP contribution in [-0.2, 0) is 6.42 Å². The molecule has 100 valence electrons. The van der Waals surface area contributed by atoms with Crippen molar-refractivity contribution in [3.8, 4) is 0 Å². The third-order valence-electron chi connectivity index (χ3n) is 5.04. The smallest absolute Gasteiger partial charge is 0.0442 e. The number of fused-ring (bicyclic) bond motifs is 2. The Morgan fingerprint density at radius 1 is 1.16 bits per heavy atom. The van der Waals surface area contributed by atoms with Gasteiger partial charge in [-0.05, 0) is 35.8 Å². The largest absolute Gasteiger partial charge is 0.370 e. The Hall–Kier alpha value is -1.28. The number of allylic oxidation sites excluding steroid dienone is 1. The fraction of sp³-hybridized carbons (Fsp3) is 0.529. The maximum absolute atomic E-state index is 3.52. The van der Waals surface area contributed by atoms with Crippen molar-refractivity contribution < 1.29 is 0 Å². The molecule has 4 rings (SSSR count). The molecule has 2 nitrogen and oxygen atoms in total. The van der Waals surface area contributed by atoms with E-state index in [1.165, 1.54) is 49.4 Å². The van der Waals surface area contributed by atoms with Crippen LogP contribution < -0.4 is 10.2 Å². The number of rotatable bonds is 1. The maximum atomic E-state index is 3.52. The normalized spacial score (nSPS) is 32.5. The minimum Gasteiger partial charge on any atom is -0.370 e. The van der Waals surface area contributed by atoms with Crippen molar-refractivity contribution in [2.24, 2.45) is 17.8 Å². The second kappa shape index (κ2) is 4.38. The summed E-state index contributed by atoms with van der Waals surface area (Å²) in [5.74, 6) is 2.41. The summed E-state index contributed by atoms with van der Waals surface area (Å²) < 4.78 is 0. The van der Waals surface area contributed by atoms with Crippen LogP contribution in [0.2, 0.25) is 0 Å². The number of nitrogens with zero attached hydrogens (tertiary/aromatic N) is 1. The Labute approximate surface area is 115 Å². The molecule has 2 heterocycles. The van der Waals surface area contributed by atoms with E-state index in [4.69, 9.17) is 0 Å². The van der Waals surface area contributed by atoms with Crippen molar-refractivity contribution in [3.05, 3.63) is 35.4 Å². The van der Waals surface area contributed by atoms with Gasteiger partial charge < -0.3 is 10.2 Å². The molecule has 2 aliphatic heterocycles. The van der Waals surface area contributed by atoms with E-state index in [0.29, 0.717) is 5.92 Å². The molecule has 1 N–H and O–H groups in total. The molecular weight excluding hydrogens is 232 g/mol. The van der Waals surface area contributed by atoms with E-state index in [-0.39, 0.29) is 0 Å². The van der Waals surface area contributed by atoms with Crippen LogP contribution in [0.5, 0.6) is 0 Å². The predicted octanol–water partition coefficient (Wildman–Crippen LogP) is 2.55. The monoisotopic (exact) mass is 254 g/mol. The van der Waals surface area contributed by atoms with Crippen LogP contribution in [0, 0.1) is 17.8 Å². The number of nitrogens with one attached hydrogen (secondary N) is 1. The minimum absolute atomic E-state index is 0.685. The molecule has 3 aliphatic rings. The molecule has 19 heavy (non-hydrogen) atoms. The number of hydrogen-bond donors (Lipinski definition) is 1. The van der Waals surface area contributed by atoms with Crippen molar-refractivity contribution in [2.75, 3.05) is 31.1 Å². The molecule has 1 aliphatic carbocycles. The van der Waals surface area contributed by atoms with Crippen molar-refractivity contribution in [3.63, 3.8) is 0 Å². The van der Waals surface area contributed by atoms with E-state index >= 15 is 0 Å². The topological polar surface area (TPSA) is 15.3 Å². The molecule has 2 saturated heterocycles. The zero-order chi connectivity index (χ0) is 12.8. The Morgan fingerprint density at radius 2 is 1.95 bits per heavy atom. The lowest BCUT2D eigenvalue weighted by Crippen LogP contribution is -2.26. The first kappa shape index (κ1) is 11.5. The summed E-state index contributed by atoms with van der Waals surface area (Å²) in [6.07, 6.45) is 5.91. The van der Waals surface area contributed by atoms with Crippen molar-refractivity contribution in [1.29, 1.82) is 0 Å². The van der Waals surface area contributed by atoms with Crippen molar-refractivity contribution in [2.45, 2.75) is 13.3 Å². The molecule has 1 aromatic rings. The van der Waals surface area contributed by atoms with Crippen LogP contribution in [0.1, 0.15) is 18.1 Å². The molecule has 1 aromatic carbocycles. The molecule has 3 unspecified atom stereocenters. The summed E-state index contributed by atoms with van der Waals surface area (Å²) in [7, 11) is 0. The first-order valence-electron chi connectivity index (χ1n) is 7.57. The van der Waals surface area contributed by atoms with Gasteiger partial charge in [-0.3, -0.25) is 0 Å². The molecular formula is C17H22N2. The van der Waals surface area contributed by atoms with Crippen LogP contribution in [-0.4, -0.2) is 26.2 Å². The summed E-state index contributed by atoms with van der Waals surface area (Å²) in [5.41, 5.74) is 4.48. The summed E-state index contributed by atoms with van der Waals surface area (Å²) in [4.78, 5) is 2.62. The Kier molecular flexibility index (Phi) is 2.66. The first-order valence-corrected chi connectivity index (χ1v) is 7.57. The molecule has 2 heteroatoms. The van der Waals surface area contributed by atoms with Gasteiger partial charge in [-0.25, -0.2) is 0 Å². The molecule has 3 atom stereocenters. The summed E-state index contributed by atoms with van der Waals surface area (Å²) in [6, 6.07) is 6.86. The number of anilines is 1. The van der Waals surface area contributed by atoms with Gasteiger partial charge in [0.2, 0.25) is 0 Å². The quantitative estimate of drug-likeness (QED) is 0.828. The van der Waals surface area contributed by atoms with E-state index in [1.54, 1.807) is 0 Å². The summed E-state index contributed by atoms with van der Waals surface area (Å²) in [5, 5.41) is 3.52. The highest BCUT2D eigenvalue weighted by Gasteiger charge is 2.36. The van der Waals surface area contributed by atoms with E-state index in [9.17, 15) is 0 Å². The molecule has 0 bridgehead atoms. The van der Waals surface area contributed by atoms with E-state index in [1.807, 2.05) is 0 Å². The highest BCUT2D eigenvalue weighted by molar-refractivity contribution is 5.72. The molecule has 0 saturated carbocycles. The van der Waals surface area contributed by atoms with Gasteiger partial charge in [0, 0.05) is 37.4 Å². The van der Waals surface area contributed by atoms with Gasteiger partial charge in [-0.1, -0.05) is 31.2 Å². The van der Waals surface area contributed by atoms with Gasteiger partial charge in [-0.2, -0.15) is 0 Å². The van der Waals surface area contributed by atoms with Gasteiger partial charge in [0.25, 0.3) is 0 Å². The molecule has 0 amide bonds. The number of benzene rings is 1. The Morgan fingerprint density at radius 3 is 2.74 bits per heavy atom. The van der Waals surface area contributed by atoms with Gasteiger partial charge in [0.1, 0.15) is 0 Å².